The van der Waals surface area contributed by atoms with Crippen LogP contribution in [0.3, 0.4) is 0 Å². The highest BCUT2D eigenvalue weighted by molar-refractivity contribution is 5.85. The molecule has 1 N–H and O–H groups in total. The number of rotatable bonds is 2. The van der Waals surface area contributed by atoms with Crippen molar-refractivity contribution in [2.45, 2.75) is 25.8 Å². The van der Waals surface area contributed by atoms with Crippen LogP contribution in [0, 0.1) is 5.92 Å². The maximum Gasteiger partial charge on any atom is 0.0193 e. The highest BCUT2D eigenvalue weighted by atomic mass is 35.5. The standard InChI is InChI=1S/C9H18N2.2ClH/c1-8-6-10-4-5-11(8)7-9-2-3-9;;/h8-10H,2-7H2,1H3;2*1H. The minimum absolute atomic E-state index is 0. The third kappa shape index (κ3) is 4.03. The SMILES string of the molecule is CC1CNCCN1CC1CC1.Cl.Cl. The number of hydrogen-bond donors (Lipinski definition) is 1. The summed E-state index contributed by atoms with van der Waals surface area (Å²) in [6.45, 7) is 7.33. The molecule has 1 aliphatic heterocycles. The van der Waals surface area contributed by atoms with Gasteiger partial charge in [0.2, 0.25) is 0 Å². The Morgan fingerprint density at radius 3 is 2.54 bits per heavy atom. The van der Waals surface area contributed by atoms with E-state index in [0.717, 1.165) is 12.0 Å². The first-order valence-electron chi connectivity index (χ1n) is 4.81. The fraction of sp³-hybridized carbons (Fsp3) is 1.00. The largest absolute Gasteiger partial charge is 0.314 e. The van der Waals surface area contributed by atoms with Gasteiger partial charge in [0.1, 0.15) is 0 Å². The van der Waals surface area contributed by atoms with Crippen LogP contribution in [0.4, 0.5) is 0 Å². The van der Waals surface area contributed by atoms with E-state index in [1.54, 1.807) is 0 Å². The average molecular weight is 227 g/mol. The van der Waals surface area contributed by atoms with E-state index in [-0.39, 0.29) is 24.8 Å². The Kier molecular flexibility index (Phi) is 6.31. The van der Waals surface area contributed by atoms with Crippen molar-refractivity contribution in [2.75, 3.05) is 26.2 Å². The maximum absolute atomic E-state index is 3.42. The molecule has 80 valence electrons. The Balaban J connectivity index is 0.000000720. The first-order valence-corrected chi connectivity index (χ1v) is 4.81. The van der Waals surface area contributed by atoms with E-state index < -0.39 is 0 Å². The number of nitrogens with zero attached hydrogens (tertiary/aromatic N) is 1. The van der Waals surface area contributed by atoms with Crippen molar-refractivity contribution < 1.29 is 0 Å². The van der Waals surface area contributed by atoms with Crippen LogP contribution in [0.25, 0.3) is 0 Å². The number of nitrogens with one attached hydrogen (secondary N) is 1. The van der Waals surface area contributed by atoms with Crippen molar-refractivity contribution in [3.63, 3.8) is 0 Å². The summed E-state index contributed by atoms with van der Waals surface area (Å²) in [6, 6.07) is 0.768. The lowest BCUT2D eigenvalue weighted by atomic mass is 10.2. The Hall–Kier alpha value is 0.500. The first-order chi connectivity index (χ1) is 5.36. The number of halogens is 2. The summed E-state index contributed by atoms with van der Waals surface area (Å²) in [5.41, 5.74) is 0. The molecule has 0 radical (unpaired) electrons. The molecule has 2 fully saturated rings. The van der Waals surface area contributed by atoms with Gasteiger partial charge in [-0.15, -0.1) is 24.8 Å². The van der Waals surface area contributed by atoms with E-state index >= 15 is 0 Å². The van der Waals surface area contributed by atoms with Gasteiger partial charge in [0, 0.05) is 32.2 Å². The van der Waals surface area contributed by atoms with Gasteiger partial charge in [-0.3, -0.25) is 4.90 Å². The molecular formula is C9H20Cl2N2. The van der Waals surface area contributed by atoms with Crippen molar-refractivity contribution in [3.05, 3.63) is 0 Å². The van der Waals surface area contributed by atoms with Gasteiger partial charge in [0.05, 0.1) is 0 Å². The monoisotopic (exact) mass is 226 g/mol. The van der Waals surface area contributed by atoms with E-state index in [2.05, 4.69) is 17.1 Å². The quantitative estimate of drug-likeness (QED) is 0.769. The predicted molar refractivity (Wildman–Crippen MR) is 61.1 cm³/mol. The molecule has 2 nitrogen and oxygen atoms in total. The Morgan fingerprint density at radius 2 is 2.00 bits per heavy atom. The molecule has 0 spiro atoms. The molecule has 1 heterocycles. The molecule has 1 aliphatic carbocycles. The number of piperazine rings is 1. The summed E-state index contributed by atoms with van der Waals surface area (Å²) in [6.07, 6.45) is 2.97. The molecule has 0 aromatic heterocycles. The molecule has 0 amide bonds. The molecule has 0 aromatic rings. The van der Waals surface area contributed by atoms with Crippen molar-refractivity contribution >= 4 is 24.8 Å². The van der Waals surface area contributed by atoms with E-state index in [1.807, 2.05) is 0 Å². The van der Waals surface area contributed by atoms with Crippen molar-refractivity contribution in [1.82, 2.24) is 10.2 Å². The highest BCUT2D eigenvalue weighted by Gasteiger charge is 2.27. The lowest BCUT2D eigenvalue weighted by molar-refractivity contribution is 0.167. The van der Waals surface area contributed by atoms with E-state index in [4.69, 9.17) is 0 Å². The lowest BCUT2D eigenvalue weighted by Crippen LogP contribution is -2.50. The van der Waals surface area contributed by atoms with Gasteiger partial charge in [0.25, 0.3) is 0 Å². The van der Waals surface area contributed by atoms with Gasteiger partial charge in [-0.1, -0.05) is 0 Å². The fourth-order valence-electron chi connectivity index (χ4n) is 1.79. The van der Waals surface area contributed by atoms with Crippen LogP contribution in [0.1, 0.15) is 19.8 Å². The van der Waals surface area contributed by atoms with Gasteiger partial charge in [-0.05, 0) is 25.7 Å². The fourth-order valence-corrected chi connectivity index (χ4v) is 1.79. The Morgan fingerprint density at radius 1 is 1.31 bits per heavy atom. The third-order valence-electron chi connectivity index (χ3n) is 2.83. The van der Waals surface area contributed by atoms with Crippen LogP contribution in [0.15, 0.2) is 0 Å². The molecule has 4 heteroatoms. The van der Waals surface area contributed by atoms with E-state index in [0.29, 0.717) is 0 Å². The summed E-state index contributed by atoms with van der Waals surface area (Å²) in [5, 5.41) is 3.42. The minimum Gasteiger partial charge on any atom is -0.314 e. The zero-order chi connectivity index (χ0) is 7.68. The van der Waals surface area contributed by atoms with E-state index in [9.17, 15) is 0 Å². The second kappa shape index (κ2) is 6.07. The molecule has 13 heavy (non-hydrogen) atoms. The van der Waals surface area contributed by atoms with Crippen LogP contribution < -0.4 is 5.32 Å². The normalized spacial score (nSPS) is 28.8. The smallest absolute Gasteiger partial charge is 0.0193 e. The molecule has 1 atom stereocenters. The van der Waals surface area contributed by atoms with Crippen molar-refractivity contribution in [3.8, 4) is 0 Å². The van der Waals surface area contributed by atoms with Gasteiger partial charge < -0.3 is 5.32 Å². The van der Waals surface area contributed by atoms with Crippen LogP contribution in [-0.2, 0) is 0 Å². The first kappa shape index (κ1) is 13.5. The molecular weight excluding hydrogens is 207 g/mol. The van der Waals surface area contributed by atoms with Crippen molar-refractivity contribution in [2.24, 2.45) is 5.92 Å². The van der Waals surface area contributed by atoms with Crippen LogP contribution in [-0.4, -0.2) is 37.1 Å². The second-order valence-corrected chi connectivity index (χ2v) is 3.99. The van der Waals surface area contributed by atoms with Crippen molar-refractivity contribution in [1.29, 1.82) is 0 Å². The molecule has 1 saturated carbocycles. The number of hydrogen-bond acceptors (Lipinski definition) is 2. The predicted octanol–water partition coefficient (Wildman–Crippen LogP) is 1.53. The third-order valence-corrected chi connectivity index (χ3v) is 2.83. The van der Waals surface area contributed by atoms with Crippen LogP contribution >= 0.6 is 24.8 Å². The average Bonchev–Trinajstić information content (AvgIpc) is 2.78. The molecule has 1 saturated heterocycles. The molecule has 0 aromatic carbocycles. The molecule has 1 unspecified atom stereocenters. The van der Waals surface area contributed by atoms with E-state index in [1.165, 1.54) is 39.0 Å². The lowest BCUT2D eigenvalue weighted by Gasteiger charge is -2.33. The van der Waals surface area contributed by atoms with Crippen LogP contribution in [0.5, 0.6) is 0 Å². The minimum atomic E-state index is 0. The summed E-state index contributed by atoms with van der Waals surface area (Å²) >= 11 is 0. The maximum atomic E-state index is 3.42. The summed E-state index contributed by atoms with van der Waals surface area (Å²) in [4.78, 5) is 2.63. The molecule has 0 bridgehead atoms. The topological polar surface area (TPSA) is 15.3 Å². The van der Waals surface area contributed by atoms with Gasteiger partial charge in [-0.2, -0.15) is 0 Å². The highest BCUT2D eigenvalue weighted by Crippen LogP contribution is 2.30. The van der Waals surface area contributed by atoms with Gasteiger partial charge in [-0.25, -0.2) is 0 Å². The zero-order valence-electron chi connectivity index (χ0n) is 8.16. The van der Waals surface area contributed by atoms with Crippen LogP contribution in [0.2, 0.25) is 0 Å². The second-order valence-electron chi connectivity index (χ2n) is 3.99. The Labute approximate surface area is 93.3 Å². The van der Waals surface area contributed by atoms with Gasteiger partial charge in [0.15, 0.2) is 0 Å². The summed E-state index contributed by atoms with van der Waals surface area (Å²) in [7, 11) is 0. The molecule has 2 aliphatic rings. The summed E-state index contributed by atoms with van der Waals surface area (Å²) in [5.74, 6) is 1.05. The molecule has 2 rings (SSSR count). The Bertz CT molecular complexity index is 140. The summed E-state index contributed by atoms with van der Waals surface area (Å²) < 4.78 is 0. The van der Waals surface area contributed by atoms with Gasteiger partial charge >= 0.3 is 0 Å². The zero-order valence-corrected chi connectivity index (χ0v) is 9.79.